The first-order valence-electron chi connectivity index (χ1n) is 10.3. The molecule has 0 aliphatic heterocycles. The standard InChI is InChI=1S/C26H21FN4O/c1-17-13-19-5-3-4-6-24(19)29-25(17)20-7-8-21(23(27)14-20)16-32-26-22(15-31(2)30-26)18-9-11-28-12-10-18/h3-15H,16H2,1-2H3. The lowest BCUT2D eigenvalue weighted by atomic mass is 10.0. The highest BCUT2D eigenvalue weighted by Crippen LogP contribution is 2.30. The molecule has 0 saturated heterocycles. The van der Waals surface area contributed by atoms with Crippen molar-refractivity contribution in [2.75, 3.05) is 0 Å². The summed E-state index contributed by atoms with van der Waals surface area (Å²) < 4.78 is 22.5. The summed E-state index contributed by atoms with van der Waals surface area (Å²) in [4.78, 5) is 8.79. The number of aryl methyl sites for hydroxylation is 2. The fourth-order valence-corrected chi connectivity index (χ4v) is 3.78. The molecule has 0 atom stereocenters. The molecule has 0 aliphatic rings. The fourth-order valence-electron chi connectivity index (χ4n) is 3.78. The SMILES string of the molecule is Cc1cc2ccccc2nc1-c1ccc(COc2nn(C)cc2-c2ccncc2)c(F)c1. The maximum atomic E-state index is 15.0. The second kappa shape index (κ2) is 8.23. The van der Waals surface area contributed by atoms with Crippen LogP contribution >= 0.6 is 0 Å². The van der Waals surface area contributed by atoms with E-state index in [1.54, 1.807) is 23.1 Å². The van der Waals surface area contributed by atoms with Gasteiger partial charge in [-0.15, -0.1) is 5.10 Å². The summed E-state index contributed by atoms with van der Waals surface area (Å²) in [7, 11) is 1.83. The average molecular weight is 424 g/mol. The van der Waals surface area contributed by atoms with Crippen LogP contribution in [0.1, 0.15) is 11.1 Å². The smallest absolute Gasteiger partial charge is 0.241 e. The van der Waals surface area contributed by atoms with Crippen molar-refractivity contribution in [1.82, 2.24) is 19.7 Å². The Hall–Kier alpha value is -4.06. The van der Waals surface area contributed by atoms with Gasteiger partial charge >= 0.3 is 0 Å². The predicted molar refractivity (Wildman–Crippen MR) is 123 cm³/mol. The molecular weight excluding hydrogens is 403 g/mol. The van der Waals surface area contributed by atoms with Crippen LogP contribution in [0.15, 0.2) is 79.3 Å². The molecule has 0 bridgehead atoms. The summed E-state index contributed by atoms with van der Waals surface area (Å²) in [5.74, 6) is 0.118. The molecule has 3 heterocycles. The zero-order chi connectivity index (χ0) is 22.1. The number of aromatic nitrogens is 4. The third kappa shape index (κ3) is 3.83. The van der Waals surface area contributed by atoms with Crippen LogP contribution in [0.3, 0.4) is 0 Å². The summed E-state index contributed by atoms with van der Waals surface area (Å²) in [5.41, 5.74) is 5.64. The number of fused-ring (bicyclic) bond motifs is 1. The molecule has 0 spiro atoms. The number of hydrogen-bond acceptors (Lipinski definition) is 4. The van der Waals surface area contributed by atoms with Gasteiger partial charge < -0.3 is 4.74 Å². The van der Waals surface area contributed by atoms with Crippen molar-refractivity contribution < 1.29 is 9.13 Å². The van der Waals surface area contributed by atoms with Crippen molar-refractivity contribution in [3.05, 3.63) is 96.2 Å². The molecule has 0 N–H and O–H groups in total. The van der Waals surface area contributed by atoms with E-state index in [9.17, 15) is 4.39 Å². The zero-order valence-corrected chi connectivity index (χ0v) is 17.8. The first kappa shape index (κ1) is 19.9. The van der Waals surface area contributed by atoms with E-state index >= 15 is 0 Å². The minimum absolute atomic E-state index is 0.0747. The second-order valence-corrected chi connectivity index (χ2v) is 7.70. The van der Waals surface area contributed by atoms with Gasteiger partial charge in [0.2, 0.25) is 5.88 Å². The van der Waals surface area contributed by atoms with Gasteiger partial charge in [-0.3, -0.25) is 9.67 Å². The van der Waals surface area contributed by atoms with Crippen LogP contribution in [-0.4, -0.2) is 19.7 Å². The zero-order valence-electron chi connectivity index (χ0n) is 17.8. The van der Waals surface area contributed by atoms with Gasteiger partial charge in [-0.2, -0.15) is 0 Å². The molecule has 0 unspecified atom stereocenters. The normalized spacial score (nSPS) is 11.1. The van der Waals surface area contributed by atoms with Crippen LogP contribution < -0.4 is 4.74 Å². The topological polar surface area (TPSA) is 52.8 Å². The molecule has 0 amide bonds. The Morgan fingerprint density at radius 2 is 1.78 bits per heavy atom. The summed E-state index contributed by atoms with van der Waals surface area (Å²) in [5, 5.41) is 5.45. The van der Waals surface area contributed by atoms with E-state index in [0.29, 0.717) is 11.4 Å². The van der Waals surface area contributed by atoms with Gasteiger partial charge in [0.25, 0.3) is 0 Å². The van der Waals surface area contributed by atoms with Crippen LogP contribution in [0.4, 0.5) is 4.39 Å². The highest BCUT2D eigenvalue weighted by molar-refractivity contribution is 5.83. The maximum absolute atomic E-state index is 15.0. The monoisotopic (exact) mass is 424 g/mol. The van der Waals surface area contributed by atoms with Crippen molar-refractivity contribution in [2.24, 2.45) is 7.05 Å². The Labute approximate surface area is 185 Å². The highest BCUT2D eigenvalue weighted by atomic mass is 19.1. The molecule has 0 radical (unpaired) electrons. The molecule has 0 fully saturated rings. The largest absolute Gasteiger partial charge is 0.471 e. The van der Waals surface area contributed by atoms with Crippen LogP contribution in [-0.2, 0) is 13.7 Å². The molecule has 158 valence electrons. The van der Waals surface area contributed by atoms with E-state index in [4.69, 9.17) is 9.72 Å². The molecule has 6 heteroatoms. The number of benzene rings is 2. The van der Waals surface area contributed by atoms with E-state index in [0.717, 1.165) is 38.9 Å². The molecule has 3 aromatic heterocycles. The number of ether oxygens (including phenoxy) is 1. The van der Waals surface area contributed by atoms with E-state index in [1.807, 2.05) is 62.6 Å². The van der Waals surface area contributed by atoms with Gasteiger partial charge in [-0.1, -0.05) is 30.3 Å². The molecule has 5 rings (SSSR count). The van der Waals surface area contributed by atoms with Crippen LogP contribution in [0.5, 0.6) is 5.88 Å². The van der Waals surface area contributed by atoms with Crippen LogP contribution in [0.2, 0.25) is 0 Å². The second-order valence-electron chi connectivity index (χ2n) is 7.70. The Morgan fingerprint density at radius 1 is 0.969 bits per heavy atom. The predicted octanol–water partition coefficient (Wildman–Crippen LogP) is 5.72. The van der Waals surface area contributed by atoms with E-state index in [2.05, 4.69) is 16.1 Å². The van der Waals surface area contributed by atoms with Crippen molar-refractivity contribution in [3.8, 4) is 28.3 Å². The number of pyridine rings is 2. The maximum Gasteiger partial charge on any atom is 0.241 e. The number of para-hydroxylation sites is 1. The quantitative estimate of drug-likeness (QED) is 0.362. The van der Waals surface area contributed by atoms with Crippen molar-refractivity contribution in [1.29, 1.82) is 0 Å². The van der Waals surface area contributed by atoms with Gasteiger partial charge in [0, 0.05) is 42.2 Å². The first-order valence-corrected chi connectivity index (χ1v) is 10.3. The molecule has 5 aromatic rings. The molecule has 0 saturated carbocycles. The van der Waals surface area contributed by atoms with Crippen LogP contribution in [0.25, 0.3) is 33.3 Å². The molecular formula is C26H21FN4O. The summed E-state index contributed by atoms with van der Waals surface area (Å²) in [6, 6.07) is 18.9. The number of nitrogens with zero attached hydrogens (tertiary/aromatic N) is 4. The lowest BCUT2D eigenvalue weighted by molar-refractivity contribution is 0.286. The molecule has 32 heavy (non-hydrogen) atoms. The lowest BCUT2D eigenvalue weighted by Crippen LogP contribution is -2.01. The Balaban J connectivity index is 1.40. The Kier molecular flexibility index (Phi) is 5.11. The lowest BCUT2D eigenvalue weighted by Gasteiger charge is -2.10. The fraction of sp³-hybridized carbons (Fsp3) is 0.115. The molecule has 0 aliphatic carbocycles. The molecule has 2 aromatic carbocycles. The van der Waals surface area contributed by atoms with Crippen LogP contribution in [0, 0.1) is 12.7 Å². The minimum atomic E-state index is -0.335. The van der Waals surface area contributed by atoms with Crippen molar-refractivity contribution in [2.45, 2.75) is 13.5 Å². The van der Waals surface area contributed by atoms with Gasteiger partial charge in [0.1, 0.15) is 12.4 Å². The first-order chi connectivity index (χ1) is 15.6. The summed E-state index contributed by atoms with van der Waals surface area (Å²) >= 11 is 0. The summed E-state index contributed by atoms with van der Waals surface area (Å²) in [6.45, 7) is 2.07. The van der Waals surface area contributed by atoms with Crippen molar-refractivity contribution in [3.63, 3.8) is 0 Å². The van der Waals surface area contributed by atoms with Gasteiger partial charge in [-0.25, -0.2) is 9.37 Å². The average Bonchev–Trinajstić information content (AvgIpc) is 3.19. The van der Waals surface area contributed by atoms with Crippen molar-refractivity contribution >= 4 is 10.9 Å². The molecule has 5 nitrogen and oxygen atoms in total. The number of halogens is 1. The third-order valence-electron chi connectivity index (χ3n) is 5.39. The number of rotatable bonds is 5. The van der Waals surface area contributed by atoms with E-state index < -0.39 is 0 Å². The Morgan fingerprint density at radius 3 is 2.59 bits per heavy atom. The van der Waals surface area contributed by atoms with Gasteiger partial charge in [0.05, 0.1) is 16.8 Å². The van der Waals surface area contributed by atoms with E-state index in [1.165, 1.54) is 6.07 Å². The highest BCUT2D eigenvalue weighted by Gasteiger charge is 2.14. The Bertz CT molecular complexity index is 1410. The number of hydrogen-bond donors (Lipinski definition) is 0. The van der Waals surface area contributed by atoms with E-state index in [-0.39, 0.29) is 12.4 Å². The minimum Gasteiger partial charge on any atom is -0.471 e. The van der Waals surface area contributed by atoms with Gasteiger partial charge in [-0.05, 0) is 48.4 Å². The summed E-state index contributed by atoms with van der Waals surface area (Å²) in [6.07, 6.45) is 5.30. The van der Waals surface area contributed by atoms with Gasteiger partial charge in [0.15, 0.2) is 0 Å². The third-order valence-corrected chi connectivity index (χ3v) is 5.39.